The average molecular weight is 365 g/mol. The standard InChI is InChI=1S/C22H23NO4/c1-14(2)19(13-24)23(3)21(25)17-9-6-8-15(11-17)18-12-16-7-4-5-10-20(16)27-22(18)26/h4-12,14,19,24H,13H2,1-3H3. The Morgan fingerprint density at radius 3 is 2.56 bits per heavy atom. The fourth-order valence-corrected chi connectivity index (χ4v) is 3.22. The van der Waals surface area contributed by atoms with Crippen molar-refractivity contribution in [2.75, 3.05) is 13.7 Å². The first-order chi connectivity index (χ1) is 12.9. The maximum atomic E-state index is 12.8. The summed E-state index contributed by atoms with van der Waals surface area (Å²) in [5, 5.41) is 10.4. The number of hydrogen-bond acceptors (Lipinski definition) is 4. The first-order valence-corrected chi connectivity index (χ1v) is 8.93. The van der Waals surface area contributed by atoms with Gasteiger partial charge in [-0.15, -0.1) is 0 Å². The van der Waals surface area contributed by atoms with Gasteiger partial charge >= 0.3 is 5.63 Å². The lowest BCUT2D eigenvalue weighted by molar-refractivity contribution is 0.0588. The van der Waals surface area contributed by atoms with Gasteiger partial charge in [0.05, 0.1) is 18.2 Å². The Morgan fingerprint density at radius 1 is 1.11 bits per heavy atom. The highest BCUT2D eigenvalue weighted by Crippen LogP contribution is 2.23. The van der Waals surface area contributed by atoms with E-state index in [1.54, 1.807) is 48.3 Å². The largest absolute Gasteiger partial charge is 0.422 e. The molecule has 3 aromatic rings. The summed E-state index contributed by atoms with van der Waals surface area (Å²) in [6.07, 6.45) is 0. The van der Waals surface area contributed by atoms with Crippen LogP contribution in [0.2, 0.25) is 0 Å². The van der Waals surface area contributed by atoms with Crippen LogP contribution in [0.1, 0.15) is 24.2 Å². The van der Waals surface area contributed by atoms with Crippen LogP contribution in [0.15, 0.2) is 63.8 Å². The van der Waals surface area contributed by atoms with Gasteiger partial charge in [-0.25, -0.2) is 4.79 Å². The molecule has 3 rings (SSSR count). The van der Waals surface area contributed by atoms with Crippen molar-refractivity contribution in [2.24, 2.45) is 5.92 Å². The van der Waals surface area contributed by atoms with Gasteiger partial charge in [0, 0.05) is 18.0 Å². The second-order valence-corrected chi connectivity index (χ2v) is 6.98. The molecule has 0 spiro atoms. The Balaban J connectivity index is 2.00. The van der Waals surface area contributed by atoms with E-state index in [-0.39, 0.29) is 24.5 Å². The molecule has 1 N–H and O–H groups in total. The van der Waals surface area contributed by atoms with Crippen molar-refractivity contribution < 1.29 is 14.3 Å². The van der Waals surface area contributed by atoms with Gasteiger partial charge in [0.2, 0.25) is 0 Å². The summed E-state index contributed by atoms with van der Waals surface area (Å²) in [5.41, 5.74) is 1.58. The zero-order valence-corrected chi connectivity index (χ0v) is 15.7. The van der Waals surface area contributed by atoms with Crippen molar-refractivity contribution in [3.63, 3.8) is 0 Å². The average Bonchev–Trinajstić information content (AvgIpc) is 2.67. The van der Waals surface area contributed by atoms with Crippen molar-refractivity contribution in [1.29, 1.82) is 0 Å². The maximum absolute atomic E-state index is 12.8. The molecule has 0 aliphatic rings. The molecule has 5 nitrogen and oxygen atoms in total. The lowest BCUT2D eigenvalue weighted by Gasteiger charge is -2.29. The highest BCUT2D eigenvalue weighted by Gasteiger charge is 2.23. The van der Waals surface area contributed by atoms with Gasteiger partial charge in [-0.1, -0.05) is 44.2 Å². The van der Waals surface area contributed by atoms with Crippen molar-refractivity contribution >= 4 is 16.9 Å². The summed E-state index contributed by atoms with van der Waals surface area (Å²) in [5.74, 6) is -0.0746. The van der Waals surface area contributed by atoms with E-state index in [9.17, 15) is 14.7 Å². The number of amides is 1. The number of para-hydroxylation sites is 1. The molecule has 140 valence electrons. The van der Waals surface area contributed by atoms with Gasteiger partial charge < -0.3 is 14.4 Å². The number of carbonyl (C=O) groups is 1. The first-order valence-electron chi connectivity index (χ1n) is 8.93. The topological polar surface area (TPSA) is 70.8 Å². The van der Waals surface area contributed by atoms with Crippen molar-refractivity contribution in [3.05, 3.63) is 70.6 Å². The number of nitrogens with zero attached hydrogens (tertiary/aromatic N) is 1. The third-order valence-electron chi connectivity index (χ3n) is 4.84. The van der Waals surface area contributed by atoms with E-state index in [1.165, 1.54) is 0 Å². The number of hydrogen-bond donors (Lipinski definition) is 1. The van der Waals surface area contributed by atoms with Crippen molar-refractivity contribution in [2.45, 2.75) is 19.9 Å². The molecule has 27 heavy (non-hydrogen) atoms. The molecule has 0 aliphatic heterocycles. The zero-order valence-electron chi connectivity index (χ0n) is 15.7. The highest BCUT2D eigenvalue weighted by atomic mass is 16.4. The molecular weight excluding hydrogens is 342 g/mol. The van der Waals surface area contributed by atoms with Crippen molar-refractivity contribution in [1.82, 2.24) is 4.90 Å². The molecular formula is C22H23NO4. The van der Waals surface area contributed by atoms with Gasteiger partial charge in [-0.2, -0.15) is 0 Å². The van der Waals surface area contributed by atoms with E-state index >= 15 is 0 Å². The minimum atomic E-state index is -0.443. The molecule has 5 heteroatoms. The molecule has 1 unspecified atom stereocenters. The van der Waals surface area contributed by atoms with Gasteiger partial charge in [0.25, 0.3) is 5.91 Å². The fraction of sp³-hybridized carbons (Fsp3) is 0.273. The van der Waals surface area contributed by atoms with Crippen LogP contribution in [-0.4, -0.2) is 35.6 Å². The SMILES string of the molecule is CC(C)C(CO)N(C)C(=O)c1cccc(-c2cc3ccccc3oc2=O)c1. The molecule has 0 saturated heterocycles. The van der Waals surface area contributed by atoms with E-state index in [4.69, 9.17) is 4.42 Å². The Labute approximate surface area is 157 Å². The third kappa shape index (κ3) is 3.78. The second kappa shape index (κ2) is 7.76. The molecule has 0 bridgehead atoms. The number of rotatable bonds is 5. The van der Waals surface area contributed by atoms with Gasteiger partial charge in [0.1, 0.15) is 5.58 Å². The van der Waals surface area contributed by atoms with Crippen LogP contribution < -0.4 is 5.63 Å². The fourth-order valence-electron chi connectivity index (χ4n) is 3.22. The maximum Gasteiger partial charge on any atom is 0.344 e. The monoisotopic (exact) mass is 365 g/mol. The quantitative estimate of drug-likeness (QED) is 0.702. The normalized spacial score (nSPS) is 12.3. The van der Waals surface area contributed by atoms with Crippen LogP contribution in [0.3, 0.4) is 0 Å². The number of carbonyl (C=O) groups excluding carboxylic acids is 1. The summed E-state index contributed by atoms with van der Waals surface area (Å²) in [7, 11) is 1.68. The van der Waals surface area contributed by atoms with Crippen LogP contribution in [-0.2, 0) is 0 Å². The molecule has 0 saturated carbocycles. The molecule has 1 aromatic heterocycles. The third-order valence-corrected chi connectivity index (χ3v) is 4.84. The lowest BCUT2D eigenvalue weighted by Crippen LogP contribution is -2.42. The Kier molecular flexibility index (Phi) is 5.42. The minimum absolute atomic E-state index is 0.103. The number of aliphatic hydroxyl groups is 1. The molecule has 0 fully saturated rings. The minimum Gasteiger partial charge on any atom is -0.422 e. The number of likely N-dealkylation sites (N-methyl/N-ethyl adjacent to an activating group) is 1. The van der Waals surface area contributed by atoms with Crippen molar-refractivity contribution in [3.8, 4) is 11.1 Å². The number of aliphatic hydroxyl groups excluding tert-OH is 1. The molecule has 1 heterocycles. The van der Waals surface area contributed by atoms with Crippen LogP contribution in [0.4, 0.5) is 0 Å². The van der Waals surface area contributed by atoms with Crippen LogP contribution in [0.25, 0.3) is 22.1 Å². The smallest absolute Gasteiger partial charge is 0.344 e. The van der Waals surface area contributed by atoms with Crippen LogP contribution >= 0.6 is 0 Å². The van der Waals surface area contributed by atoms with E-state index in [0.29, 0.717) is 22.3 Å². The predicted octanol–water partition coefficient (Wildman–Crippen LogP) is 3.55. The molecule has 1 amide bonds. The molecule has 2 aromatic carbocycles. The summed E-state index contributed by atoms with van der Waals surface area (Å²) < 4.78 is 5.40. The predicted molar refractivity (Wildman–Crippen MR) is 106 cm³/mol. The Hall–Kier alpha value is -2.92. The Bertz CT molecular complexity index is 1020. The Morgan fingerprint density at radius 2 is 1.85 bits per heavy atom. The first kappa shape index (κ1) is 18.9. The molecule has 0 aliphatic carbocycles. The van der Waals surface area contributed by atoms with Crippen LogP contribution in [0, 0.1) is 5.92 Å². The van der Waals surface area contributed by atoms with E-state index < -0.39 is 5.63 Å². The van der Waals surface area contributed by atoms with Crippen LogP contribution in [0.5, 0.6) is 0 Å². The molecule has 0 radical (unpaired) electrons. The van der Waals surface area contributed by atoms with Gasteiger partial charge in [0.15, 0.2) is 0 Å². The van der Waals surface area contributed by atoms with Gasteiger partial charge in [-0.3, -0.25) is 4.79 Å². The zero-order chi connectivity index (χ0) is 19.6. The second-order valence-electron chi connectivity index (χ2n) is 6.98. The summed E-state index contributed by atoms with van der Waals surface area (Å²) in [4.78, 5) is 26.8. The summed E-state index contributed by atoms with van der Waals surface area (Å²) in [6, 6.07) is 15.7. The number of fused-ring (bicyclic) bond motifs is 1. The number of benzene rings is 2. The van der Waals surface area contributed by atoms with Gasteiger partial charge in [-0.05, 0) is 35.7 Å². The summed E-state index contributed by atoms with van der Waals surface area (Å²) in [6.45, 7) is 3.82. The summed E-state index contributed by atoms with van der Waals surface area (Å²) >= 11 is 0. The van der Waals surface area contributed by atoms with E-state index in [0.717, 1.165) is 5.39 Å². The lowest BCUT2D eigenvalue weighted by atomic mass is 10.0. The van der Waals surface area contributed by atoms with E-state index in [1.807, 2.05) is 32.0 Å². The highest BCUT2D eigenvalue weighted by molar-refractivity contribution is 5.95. The van der Waals surface area contributed by atoms with E-state index in [2.05, 4.69) is 0 Å². The molecule has 1 atom stereocenters.